The minimum atomic E-state index is 0.193. The largest absolute Gasteiger partial charge is 0.424 e. The maximum atomic E-state index is 5.71. The predicted molar refractivity (Wildman–Crippen MR) is 70.5 cm³/mol. The molecule has 5 heteroatoms. The standard InChI is InChI=1S/C13H17N3O2/c1-8(11-3-2-6-17-11)15-13-16-10-7-9(14)4-5-12(10)18-13/h4-5,7-8,11H,2-3,6,14H2,1H3,(H,15,16). The van der Waals surface area contributed by atoms with E-state index in [0.29, 0.717) is 11.7 Å². The normalized spacial score (nSPS) is 21.3. The Kier molecular flexibility index (Phi) is 2.83. The van der Waals surface area contributed by atoms with Crippen LogP contribution in [0.15, 0.2) is 22.6 Å². The molecule has 2 atom stereocenters. The van der Waals surface area contributed by atoms with E-state index in [0.717, 1.165) is 30.5 Å². The molecule has 0 aliphatic carbocycles. The van der Waals surface area contributed by atoms with E-state index in [9.17, 15) is 0 Å². The van der Waals surface area contributed by atoms with Gasteiger partial charge in [-0.3, -0.25) is 0 Å². The summed E-state index contributed by atoms with van der Waals surface area (Å²) >= 11 is 0. The molecule has 18 heavy (non-hydrogen) atoms. The third-order valence-electron chi connectivity index (χ3n) is 3.29. The molecule has 1 aromatic heterocycles. The highest BCUT2D eigenvalue weighted by atomic mass is 16.5. The maximum absolute atomic E-state index is 5.71. The van der Waals surface area contributed by atoms with Gasteiger partial charge in [0.1, 0.15) is 5.52 Å². The van der Waals surface area contributed by atoms with Gasteiger partial charge in [-0.1, -0.05) is 0 Å². The molecule has 3 N–H and O–H groups in total. The first kappa shape index (κ1) is 11.3. The minimum Gasteiger partial charge on any atom is -0.424 e. The fraction of sp³-hybridized carbons (Fsp3) is 0.462. The van der Waals surface area contributed by atoms with Crippen LogP contribution in [-0.2, 0) is 4.74 Å². The second-order valence-electron chi connectivity index (χ2n) is 4.73. The Hall–Kier alpha value is -1.75. The van der Waals surface area contributed by atoms with E-state index >= 15 is 0 Å². The smallest absolute Gasteiger partial charge is 0.295 e. The number of nitrogen functional groups attached to an aromatic ring is 1. The first-order chi connectivity index (χ1) is 8.72. The zero-order chi connectivity index (χ0) is 12.5. The molecule has 1 aliphatic rings. The molecule has 1 fully saturated rings. The van der Waals surface area contributed by atoms with Crippen LogP contribution >= 0.6 is 0 Å². The average molecular weight is 247 g/mol. The number of ether oxygens (including phenoxy) is 1. The quantitative estimate of drug-likeness (QED) is 0.815. The lowest BCUT2D eigenvalue weighted by atomic mass is 10.1. The van der Waals surface area contributed by atoms with Crippen LogP contribution in [0.5, 0.6) is 0 Å². The number of benzene rings is 1. The number of rotatable bonds is 3. The van der Waals surface area contributed by atoms with Crippen LogP contribution < -0.4 is 11.1 Å². The number of nitrogens with two attached hydrogens (primary N) is 1. The highest BCUT2D eigenvalue weighted by Gasteiger charge is 2.23. The molecule has 96 valence electrons. The summed E-state index contributed by atoms with van der Waals surface area (Å²) in [7, 11) is 0. The molecule has 1 aromatic carbocycles. The lowest BCUT2D eigenvalue weighted by Gasteiger charge is -2.18. The Morgan fingerprint density at radius 1 is 1.50 bits per heavy atom. The van der Waals surface area contributed by atoms with Crippen LogP contribution in [0, 0.1) is 0 Å². The van der Waals surface area contributed by atoms with E-state index in [1.165, 1.54) is 0 Å². The van der Waals surface area contributed by atoms with Crippen molar-refractivity contribution >= 4 is 22.8 Å². The van der Waals surface area contributed by atoms with E-state index in [2.05, 4.69) is 17.2 Å². The number of nitrogens with one attached hydrogen (secondary N) is 1. The Morgan fingerprint density at radius 3 is 3.17 bits per heavy atom. The van der Waals surface area contributed by atoms with Gasteiger partial charge in [0.25, 0.3) is 6.01 Å². The number of fused-ring (bicyclic) bond motifs is 1. The summed E-state index contributed by atoms with van der Waals surface area (Å²) < 4.78 is 11.2. The lowest BCUT2D eigenvalue weighted by Crippen LogP contribution is -2.30. The number of anilines is 2. The van der Waals surface area contributed by atoms with Crippen LogP contribution in [0.25, 0.3) is 11.1 Å². The summed E-state index contributed by atoms with van der Waals surface area (Å²) in [6, 6.07) is 6.16. The Balaban J connectivity index is 1.77. The molecule has 0 saturated carbocycles. The van der Waals surface area contributed by atoms with Crippen LogP contribution in [0.3, 0.4) is 0 Å². The number of aromatic nitrogens is 1. The molecule has 0 radical (unpaired) electrons. The fourth-order valence-electron chi connectivity index (χ4n) is 2.29. The van der Waals surface area contributed by atoms with E-state index in [-0.39, 0.29) is 12.1 Å². The Bertz CT molecular complexity index is 546. The van der Waals surface area contributed by atoms with Gasteiger partial charge in [0.05, 0.1) is 12.1 Å². The highest BCUT2D eigenvalue weighted by Crippen LogP contribution is 2.23. The van der Waals surface area contributed by atoms with Gasteiger partial charge in [-0.05, 0) is 38.0 Å². The molecule has 3 rings (SSSR count). The summed E-state index contributed by atoms with van der Waals surface area (Å²) in [4.78, 5) is 4.37. The van der Waals surface area contributed by atoms with E-state index in [1.807, 2.05) is 6.07 Å². The lowest BCUT2D eigenvalue weighted by molar-refractivity contribution is 0.0990. The zero-order valence-corrected chi connectivity index (χ0v) is 10.3. The van der Waals surface area contributed by atoms with Crippen molar-refractivity contribution in [1.82, 2.24) is 4.98 Å². The molecular weight excluding hydrogens is 230 g/mol. The molecule has 2 unspecified atom stereocenters. The van der Waals surface area contributed by atoms with Crippen molar-refractivity contribution in [2.24, 2.45) is 0 Å². The number of hydrogen-bond acceptors (Lipinski definition) is 5. The van der Waals surface area contributed by atoms with Gasteiger partial charge in [0.15, 0.2) is 5.58 Å². The Labute approximate surface area is 105 Å². The van der Waals surface area contributed by atoms with Gasteiger partial charge >= 0.3 is 0 Å². The van der Waals surface area contributed by atoms with Crippen molar-refractivity contribution in [2.45, 2.75) is 31.9 Å². The van der Waals surface area contributed by atoms with Crippen molar-refractivity contribution in [2.75, 3.05) is 17.7 Å². The third-order valence-corrected chi connectivity index (χ3v) is 3.29. The van der Waals surface area contributed by atoms with Crippen LogP contribution in [-0.4, -0.2) is 23.7 Å². The van der Waals surface area contributed by atoms with Gasteiger partial charge in [-0.15, -0.1) is 0 Å². The van der Waals surface area contributed by atoms with E-state index < -0.39 is 0 Å². The monoisotopic (exact) mass is 247 g/mol. The molecule has 1 saturated heterocycles. The SMILES string of the molecule is CC(Nc1nc2cc(N)ccc2o1)C1CCCO1. The van der Waals surface area contributed by atoms with Gasteiger partial charge in [-0.2, -0.15) is 4.98 Å². The molecule has 2 aromatic rings. The number of hydrogen-bond donors (Lipinski definition) is 2. The Morgan fingerprint density at radius 2 is 2.39 bits per heavy atom. The van der Waals surface area contributed by atoms with E-state index in [1.54, 1.807) is 12.1 Å². The average Bonchev–Trinajstić information content (AvgIpc) is 2.95. The van der Waals surface area contributed by atoms with Crippen molar-refractivity contribution in [3.63, 3.8) is 0 Å². The summed E-state index contributed by atoms with van der Waals surface area (Å²) in [5.74, 6) is 0. The molecule has 0 bridgehead atoms. The summed E-state index contributed by atoms with van der Waals surface area (Å²) in [5.41, 5.74) is 7.92. The molecule has 2 heterocycles. The first-order valence-electron chi connectivity index (χ1n) is 6.26. The zero-order valence-electron chi connectivity index (χ0n) is 10.3. The predicted octanol–water partition coefficient (Wildman–Crippen LogP) is 2.39. The maximum Gasteiger partial charge on any atom is 0.295 e. The first-order valence-corrected chi connectivity index (χ1v) is 6.26. The van der Waals surface area contributed by atoms with Gasteiger partial charge in [0, 0.05) is 12.3 Å². The molecule has 1 aliphatic heterocycles. The summed E-state index contributed by atoms with van der Waals surface area (Å²) in [6.07, 6.45) is 2.45. The van der Waals surface area contributed by atoms with Gasteiger partial charge in [-0.25, -0.2) is 0 Å². The van der Waals surface area contributed by atoms with Gasteiger partial charge < -0.3 is 20.2 Å². The summed E-state index contributed by atoms with van der Waals surface area (Å²) in [6.45, 7) is 2.93. The van der Waals surface area contributed by atoms with Crippen molar-refractivity contribution in [3.05, 3.63) is 18.2 Å². The van der Waals surface area contributed by atoms with Gasteiger partial charge in [0.2, 0.25) is 0 Å². The highest BCUT2D eigenvalue weighted by molar-refractivity contribution is 5.78. The van der Waals surface area contributed by atoms with Crippen molar-refractivity contribution < 1.29 is 9.15 Å². The molecule has 5 nitrogen and oxygen atoms in total. The topological polar surface area (TPSA) is 73.3 Å². The molecular formula is C13H17N3O2. The number of nitrogens with zero attached hydrogens (tertiary/aromatic N) is 1. The molecule has 0 amide bonds. The second-order valence-corrected chi connectivity index (χ2v) is 4.73. The van der Waals surface area contributed by atoms with Crippen LogP contribution in [0.1, 0.15) is 19.8 Å². The summed E-state index contributed by atoms with van der Waals surface area (Å²) in [5, 5.41) is 3.25. The van der Waals surface area contributed by atoms with E-state index in [4.69, 9.17) is 14.9 Å². The number of oxazole rings is 1. The fourth-order valence-corrected chi connectivity index (χ4v) is 2.29. The molecule has 0 spiro atoms. The third kappa shape index (κ3) is 2.13. The minimum absolute atomic E-state index is 0.193. The van der Waals surface area contributed by atoms with Crippen molar-refractivity contribution in [3.8, 4) is 0 Å². The van der Waals surface area contributed by atoms with Crippen molar-refractivity contribution in [1.29, 1.82) is 0 Å². The second kappa shape index (κ2) is 4.49. The van der Waals surface area contributed by atoms with Crippen LogP contribution in [0.2, 0.25) is 0 Å². The van der Waals surface area contributed by atoms with Crippen LogP contribution in [0.4, 0.5) is 11.7 Å².